The van der Waals surface area contributed by atoms with Gasteiger partial charge in [0.2, 0.25) is 0 Å². The minimum Gasteiger partial charge on any atom is -0.493 e. The van der Waals surface area contributed by atoms with Gasteiger partial charge in [-0.1, -0.05) is 12.1 Å². The van der Waals surface area contributed by atoms with Crippen molar-refractivity contribution in [2.24, 2.45) is 0 Å². The number of hydroxylamine groups is 1. The van der Waals surface area contributed by atoms with Crippen LogP contribution in [-0.4, -0.2) is 24.4 Å². The molecule has 5 nitrogen and oxygen atoms in total. The molecule has 34 heavy (non-hydrogen) atoms. The van der Waals surface area contributed by atoms with Gasteiger partial charge in [-0.25, -0.2) is 5.48 Å². The molecule has 2 aromatic carbocycles. The molecule has 2 rings (SSSR count). The van der Waals surface area contributed by atoms with Gasteiger partial charge in [0.05, 0.1) is 18.2 Å². The summed E-state index contributed by atoms with van der Waals surface area (Å²) in [5.74, 6) is -2.33. The van der Waals surface area contributed by atoms with E-state index in [4.69, 9.17) is 14.7 Å². The van der Waals surface area contributed by atoms with Gasteiger partial charge in [0.25, 0.3) is 5.91 Å². The number of nitrogens with one attached hydrogen (secondary N) is 1. The summed E-state index contributed by atoms with van der Waals surface area (Å²) in [5.41, 5.74) is -4.87. The maximum Gasteiger partial charge on any atom is 0.421 e. The predicted octanol–water partition coefficient (Wildman–Crippen LogP) is 5.76. The van der Waals surface area contributed by atoms with E-state index < -0.39 is 53.3 Å². The van der Waals surface area contributed by atoms with Gasteiger partial charge < -0.3 is 9.47 Å². The first kappa shape index (κ1) is 26.8. The van der Waals surface area contributed by atoms with E-state index >= 15 is 0 Å². The highest BCUT2D eigenvalue weighted by Gasteiger charge is 2.39. The Bertz CT molecular complexity index is 1070. The molecule has 0 unspecified atom stereocenters. The summed E-state index contributed by atoms with van der Waals surface area (Å²) in [6, 6.07) is 3.97. The minimum absolute atomic E-state index is 0.0608. The lowest BCUT2D eigenvalue weighted by atomic mass is 10.0. The summed E-state index contributed by atoms with van der Waals surface area (Å²) in [5, 5.41) is 8.48. The van der Waals surface area contributed by atoms with E-state index in [1.807, 2.05) is 0 Å². The zero-order valence-corrected chi connectivity index (χ0v) is 16.8. The molecule has 0 heterocycles. The fourth-order valence-corrected chi connectivity index (χ4v) is 2.69. The standard InChI is InChI=1S/C20H14F9NO4/c1-33-16-7-10(6-14(17(31)30-32)20(27,28)29)2-5-15(16)34-9-11-3-4-12(18(21,22)23)8-13(11)19(24,25)26/h2-8,32H,9H2,1H3,(H,30,31)/b14-6-. The molecular formula is C20H14F9NO4. The largest absolute Gasteiger partial charge is 0.493 e. The Hall–Kier alpha value is -3.42. The molecule has 0 saturated heterocycles. The first-order chi connectivity index (χ1) is 15.6. The number of benzene rings is 2. The topological polar surface area (TPSA) is 67.8 Å². The van der Waals surface area contributed by atoms with E-state index in [1.165, 1.54) is 0 Å². The van der Waals surface area contributed by atoms with Crippen LogP contribution in [0, 0.1) is 0 Å². The number of hydrogen-bond acceptors (Lipinski definition) is 4. The molecule has 0 bridgehead atoms. The number of hydrogen-bond donors (Lipinski definition) is 2. The third-order valence-corrected chi connectivity index (χ3v) is 4.28. The van der Waals surface area contributed by atoms with Crippen LogP contribution in [0.5, 0.6) is 11.5 Å². The number of carbonyl (C=O) groups excluding carboxylic acids is 1. The maximum absolute atomic E-state index is 13.3. The second-order valence-corrected chi connectivity index (χ2v) is 6.56. The third-order valence-electron chi connectivity index (χ3n) is 4.28. The normalized spacial score (nSPS) is 13.0. The second kappa shape index (κ2) is 9.83. The van der Waals surface area contributed by atoms with E-state index in [9.17, 15) is 44.3 Å². The number of halogens is 9. The molecule has 2 N–H and O–H groups in total. The van der Waals surface area contributed by atoms with E-state index in [0.29, 0.717) is 18.2 Å². The number of alkyl halides is 9. The van der Waals surface area contributed by atoms with Gasteiger partial charge in [0.15, 0.2) is 11.5 Å². The van der Waals surface area contributed by atoms with Crippen LogP contribution in [0.25, 0.3) is 6.08 Å². The summed E-state index contributed by atoms with van der Waals surface area (Å²) in [6.45, 7) is -0.848. The molecule has 0 aliphatic heterocycles. The Labute approximate surface area is 185 Å². The van der Waals surface area contributed by atoms with Gasteiger partial charge in [0, 0.05) is 5.56 Å². The predicted molar refractivity (Wildman–Crippen MR) is 97.7 cm³/mol. The molecule has 0 aromatic heterocycles. The number of ether oxygens (including phenoxy) is 2. The Morgan fingerprint density at radius 2 is 1.59 bits per heavy atom. The average molecular weight is 503 g/mol. The lowest BCUT2D eigenvalue weighted by molar-refractivity contribution is -0.144. The third kappa shape index (κ3) is 6.56. The molecule has 0 spiro atoms. The summed E-state index contributed by atoms with van der Waals surface area (Å²) >= 11 is 0. The lowest BCUT2D eigenvalue weighted by Gasteiger charge is -2.17. The highest BCUT2D eigenvalue weighted by molar-refractivity contribution is 5.98. The fraction of sp³-hybridized carbons (Fsp3) is 0.250. The van der Waals surface area contributed by atoms with Crippen LogP contribution < -0.4 is 15.0 Å². The molecule has 0 radical (unpaired) electrons. The number of rotatable bonds is 6. The molecule has 0 aliphatic rings. The molecule has 186 valence electrons. The van der Waals surface area contributed by atoms with Gasteiger partial charge in [-0.2, -0.15) is 39.5 Å². The highest BCUT2D eigenvalue weighted by atomic mass is 19.4. The Balaban J connectivity index is 2.38. The van der Waals surface area contributed by atoms with Crippen molar-refractivity contribution in [1.29, 1.82) is 0 Å². The van der Waals surface area contributed by atoms with Gasteiger partial charge in [-0.05, 0) is 35.9 Å². The van der Waals surface area contributed by atoms with Crippen molar-refractivity contribution in [3.63, 3.8) is 0 Å². The van der Waals surface area contributed by atoms with Gasteiger partial charge in [0.1, 0.15) is 12.2 Å². The summed E-state index contributed by atoms with van der Waals surface area (Å²) in [7, 11) is 1.07. The highest BCUT2D eigenvalue weighted by Crippen LogP contribution is 2.38. The zero-order valence-electron chi connectivity index (χ0n) is 16.8. The van der Waals surface area contributed by atoms with E-state index in [0.717, 1.165) is 30.8 Å². The van der Waals surface area contributed by atoms with Crippen molar-refractivity contribution in [2.75, 3.05) is 7.11 Å². The van der Waals surface area contributed by atoms with E-state index in [1.54, 1.807) is 0 Å². The van der Waals surface area contributed by atoms with Crippen LogP contribution in [0.3, 0.4) is 0 Å². The lowest BCUT2D eigenvalue weighted by Crippen LogP contribution is -2.29. The van der Waals surface area contributed by atoms with Crippen LogP contribution in [0.15, 0.2) is 42.0 Å². The molecule has 0 saturated carbocycles. The average Bonchev–Trinajstić information content (AvgIpc) is 2.73. The minimum atomic E-state index is -5.13. The quantitative estimate of drug-likeness (QED) is 0.228. The zero-order chi connectivity index (χ0) is 25.9. The van der Waals surface area contributed by atoms with Crippen molar-refractivity contribution in [2.45, 2.75) is 25.1 Å². The SMILES string of the molecule is COc1cc(/C=C(/C(=O)NO)C(F)(F)F)ccc1OCc1ccc(C(F)(F)F)cc1C(F)(F)F. The number of carbonyl (C=O) groups is 1. The van der Waals surface area contributed by atoms with Crippen LogP contribution in [0.2, 0.25) is 0 Å². The van der Waals surface area contributed by atoms with E-state index in [2.05, 4.69) is 0 Å². The number of methoxy groups -OCH3 is 1. The summed E-state index contributed by atoms with van der Waals surface area (Å²) in [4.78, 5) is 11.3. The Kier molecular flexibility index (Phi) is 7.76. The van der Waals surface area contributed by atoms with Crippen molar-refractivity contribution in [3.05, 3.63) is 64.2 Å². The first-order valence-electron chi connectivity index (χ1n) is 8.89. The molecule has 2 aromatic rings. The molecule has 0 atom stereocenters. The first-order valence-corrected chi connectivity index (χ1v) is 8.89. The van der Waals surface area contributed by atoms with Crippen LogP contribution in [0.1, 0.15) is 22.3 Å². The maximum atomic E-state index is 13.3. The fourth-order valence-electron chi connectivity index (χ4n) is 2.69. The summed E-state index contributed by atoms with van der Waals surface area (Å²) in [6.07, 6.45) is -14.9. The van der Waals surface area contributed by atoms with Crippen molar-refractivity contribution in [3.8, 4) is 11.5 Å². The van der Waals surface area contributed by atoms with Crippen molar-refractivity contribution >= 4 is 12.0 Å². The van der Waals surface area contributed by atoms with Gasteiger partial charge in [-0.3, -0.25) is 10.0 Å². The molecule has 14 heteroatoms. The molecule has 0 aliphatic carbocycles. The van der Waals surface area contributed by atoms with Crippen molar-refractivity contribution in [1.82, 2.24) is 5.48 Å². The van der Waals surface area contributed by atoms with Gasteiger partial charge >= 0.3 is 18.5 Å². The van der Waals surface area contributed by atoms with Crippen LogP contribution in [-0.2, 0) is 23.8 Å². The van der Waals surface area contributed by atoms with Crippen LogP contribution >= 0.6 is 0 Å². The summed E-state index contributed by atoms with van der Waals surface area (Å²) < 4.78 is 127. The second-order valence-electron chi connectivity index (χ2n) is 6.56. The van der Waals surface area contributed by atoms with Crippen LogP contribution in [0.4, 0.5) is 39.5 Å². The molecule has 0 fully saturated rings. The van der Waals surface area contributed by atoms with E-state index in [-0.39, 0.29) is 23.1 Å². The molecule has 1 amide bonds. The Morgan fingerprint density at radius 3 is 2.09 bits per heavy atom. The number of amides is 1. The molecular weight excluding hydrogens is 489 g/mol. The Morgan fingerprint density at radius 1 is 0.941 bits per heavy atom. The monoisotopic (exact) mass is 503 g/mol. The van der Waals surface area contributed by atoms with Gasteiger partial charge in [-0.15, -0.1) is 0 Å². The smallest absolute Gasteiger partial charge is 0.421 e. The van der Waals surface area contributed by atoms with Crippen molar-refractivity contribution < 1.29 is 59.0 Å².